The molecule has 0 heterocycles. The van der Waals surface area contributed by atoms with Crippen molar-refractivity contribution in [3.63, 3.8) is 0 Å². The number of rotatable bonds is 8. The molecule has 6 heteroatoms. The van der Waals surface area contributed by atoms with E-state index in [2.05, 4.69) is 10.6 Å². The molecule has 0 aromatic heterocycles. The van der Waals surface area contributed by atoms with Crippen LogP contribution in [0.4, 0.5) is 4.79 Å². The summed E-state index contributed by atoms with van der Waals surface area (Å²) in [6.07, 6.45) is 1.95. The van der Waals surface area contributed by atoms with Crippen molar-refractivity contribution in [2.45, 2.75) is 25.0 Å². The second kappa shape index (κ2) is 8.31. The highest BCUT2D eigenvalue weighted by atomic mass is 16.5. The summed E-state index contributed by atoms with van der Waals surface area (Å²) in [5.74, 6) is 1.44. The van der Waals surface area contributed by atoms with Crippen molar-refractivity contribution in [2.24, 2.45) is 5.92 Å². The fourth-order valence-corrected chi connectivity index (χ4v) is 3.22. The number of urea groups is 1. The first-order valence-corrected chi connectivity index (χ1v) is 9.07. The van der Waals surface area contributed by atoms with Crippen LogP contribution in [0.5, 0.6) is 11.5 Å². The zero-order chi connectivity index (χ0) is 19.3. The number of amides is 2. The lowest BCUT2D eigenvalue weighted by Gasteiger charge is -2.29. The van der Waals surface area contributed by atoms with Crippen molar-refractivity contribution in [2.75, 3.05) is 20.8 Å². The van der Waals surface area contributed by atoms with E-state index < -0.39 is 5.60 Å². The molecule has 2 amide bonds. The number of ether oxygens (including phenoxy) is 2. The average molecular weight is 370 g/mol. The van der Waals surface area contributed by atoms with Crippen LogP contribution in [0.25, 0.3) is 0 Å². The molecule has 1 aliphatic carbocycles. The van der Waals surface area contributed by atoms with Crippen LogP contribution < -0.4 is 20.1 Å². The first-order chi connectivity index (χ1) is 13.1. The zero-order valence-corrected chi connectivity index (χ0v) is 15.7. The summed E-state index contributed by atoms with van der Waals surface area (Å²) in [4.78, 5) is 12.2. The fourth-order valence-electron chi connectivity index (χ4n) is 3.22. The highest BCUT2D eigenvalue weighted by Gasteiger charge is 2.45. The lowest BCUT2D eigenvalue weighted by Crippen LogP contribution is -2.45. The Morgan fingerprint density at radius 3 is 2.41 bits per heavy atom. The molecule has 6 nitrogen and oxygen atoms in total. The topological polar surface area (TPSA) is 79.8 Å². The van der Waals surface area contributed by atoms with Gasteiger partial charge in [0.15, 0.2) is 11.5 Å². The molecule has 1 aliphatic rings. The molecule has 1 atom stereocenters. The largest absolute Gasteiger partial charge is 0.493 e. The quantitative estimate of drug-likeness (QED) is 0.668. The molecule has 144 valence electrons. The third kappa shape index (κ3) is 4.52. The normalized spacial score (nSPS) is 15.5. The highest BCUT2D eigenvalue weighted by Crippen LogP contribution is 2.45. The van der Waals surface area contributed by atoms with Crippen molar-refractivity contribution < 1.29 is 19.4 Å². The summed E-state index contributed by atoms with van der Waals surface area (Å²) in [6.45, 7) is 0.527. The van der Waals surface area contributed by atoms with Gasteiger partial charge in [-0.05, 0) is 42.0 Å². The van der Waals surface area contributed by atoms with Gasteiger partial charge in [-0.1, -0.05) is 36.4 Å². The molecule has 1 unspecified atom stereocenters. The molecule has 2 aromatic rings. The SMILES string of the molecule is COc1ccc(CNC(=O)NCC(O)(c2ccccc2)C2CC2)cc1OC. The number of carbonyl (C=O) groups is 1. The summed E-state index contributed by atoms with van der Waals surface area (Å²) in [5, 5.41) is 16.7. The first-order valence-electron chi connectivity index (χ1n) is 9.07. The van der Waals surface area contributed by atoms with E-state index in [-0.39, 0.29) is 18.5 Å². The van der Waals surface area contributed by atoms with Crippen molar-refractivity contribution in [1.82, 2.24) is 10.6 Å². The molecule has 1 fully saturated rings. The molecular formula is C21H26N2O4. The Balaban J connectivity index is 1.56. The Bertz CT molecular complexity index is 777. The van der Waals surface area contributed by atoms with Gasteiger partial charge in [-0.2, -0.15) is 0 Å². The minimum atomic E-state index is -1.03. The number of aliphatic hydroxyl groups is 1. The zero-order valence-electron chi connectivity index (χ0n) is 15.7. The van der Waals surface area contributed by atoms with E-state index in [1.807, 2.05) is 42.5 Å². The maximum Gasteiger partial charge on any atom is 0.315 e. The van der Waals surface area contributed by atoms with Crippen molar-refractivity contribution in [3.05, 3.63) is 59.7 Å². The second-order valence-corrected chi connectivity index (χ2v) is 6.79. The maximum absolute atomic E-state index is 12.2. The smallest absolute Gasteiger partial charge is 0.315 e. The van der Waals surface area contributed by atoms with Crippen molar-refractivity contribution >= 4 is 6.03 Å². The Labute approximate surface area is 159 Å². The number of nitrogens with one attached hydrogen (secondary N) is 2. The molecule has 27 heavy (non-hydrogen) atoms. The monoisotopic (exact) mass is 370 g/mol. The molecule has 0 saturated heterocycles. The number of carbonyl (C=O) groups excluding carboxylic acids is 1. The predicted molar refractivity (Wildman–Crippen MR) is 103 cm³/mol. The Hall–Kier alpha value is -2.73. The molecule has 3 rings (SSSR count). The van der Waals surface area contributed by atoms with E-state index in [4.69, 9.17) is 9.47 Å². The van der Waals surface area contributed by atoms with Gasteiger partial charge >= 0.3 is 6.03 Å². The number of methoxy groups -OCH3 is 2. The average Bonchev–Trinajstić information content (AvgIpc) is 3.56. The van der Waals surface area contributed by atoms with Gasteiger partial charge in [0.1, 0.15) is 5.60 Å². The third-order valence-corrected chi connectivity index (χ3v) is 4.95. The van der Waals surface area contributed by atoms with Gasteiger partial charge in [-0.25, -0.2) is 4.79 Å². The fraction of sp³-hybridized carbons (Fsp3) is 0.381. The van der Waals surface area contributed by atoms with Crippen molar-refractivity contribution in [1.29, 1.82) is 0 Å². The van der Waals surface area contributed by atoms with Gasteiger partial charge in [0, 0.05) is 6.54 Å². The second-order valence-electron chi connectivity index (χ2n) is 6.79. The lowest BCUT2D eigenvalue weighted by atomic mass is 9.89. The van der Waals surface area contributed by atoms with E-state index >= 15 is 0 Å². The van der Waals surface area contributed by atoms with E-state index in [1.54, 1.807) is 20.3 Å². The Morgan fingerprint density at radius 2 is 1.78 bits per heavy atom. The minimum absolute atomic E-state index is 0.180. The number of hydrogen-bond acceptors (Lipinski definition) is 4. The van der Waals surface area contributed by atoms with Crippen LogP contribution in [0.2, 0.25) is 0 Å². The van der Waals surface area contributed by atoms with Crippen LogP contribution in [-0.4, -0.2) is 31.9 Å². The van der Waals surface area contributed by atoms with Crippen LogP contribution in [0.1, 0.15) is 24.0 Å². The third-order valence-electron chi connectivity index (χ3n) is 4.95. The molecule has 0 aliphatic heterocycles. The molecule has 0 radical (unpaired) electrons. The van der Waals surface area contributed by atoms with E-state index in [1.165, 1.54) is 0 Å². The summed E-state index contributed by atoms with van der Waals surface area (Å²) >= 11 is 0. The van der Waals surface area contributed by atoms with Crippen LogP contribution in [0.15, 0.2) is 48.5 Å². The Kier molecular flexibility index (Phi) is 5.86. The molecule has 3 N–H and O–H groups in total. The summed E-state index contributed by atoms with van der Waals surface area (Å²) < 4.78 is 10.5. The lowest BCUT2D eigenvalue weighted by molar-refractivity contribution is 0.0159. The predicted octanol–water partition coefficient (Wildman–Crippen LogP) is 2.80. The van der Waals surface area contributed by atoms with Gasteiger partial charge in [-0.15, -0.1) is 0 Å². The van der Waals surface area contributed by atoms with Crippen LogP contribution in [-0.2, 0) is 12.1 Å². The first kappa shape index (κ1) is 19.0. The summed E-state index contributed by atoms with van der Waals surface area (Å²) in [6, 6.07) is 14.7. The van der Waals surface area contributed by atoms with E-state index in [0.717, 1.165) is 24.0 Å². The van der Waals surface area contributed by atoms with Gasteiger partial charge in [-0.3, -0.25) is 0 Å². The molecular weight excluding hydrogens is 344 g/mol. The van der Waals surface area contributed by atoms with Gasteiger partial charge in [0.2, 0.25) is 0 Å². The van der Waals surface area contributed by atoms with Gasteiger partial charge < -0.3 is 25.2 Å². The van der Waals surface area contributed by atoms with Crippen LogP contribution >= 0.6 is 0 Å². The highest BCUT2D eigenvalue weighted by molar-refractivity contribution is 5.74. The van der Waals surface area contributed by atoms with E-state index in [9.17, 15) is 9.90 Å². The van der Waals surface area contributed by atoms with E-state index in [0.29, 0.717) is 18.0 Å². The number of benzene rings is 2. The molecule has 0 spiro atoms. The van der Waals surface area contributed by atoms with Gasteiger partial charge in [0.25, 0.3) is 0 Å². The minimum Gasteiger partial charge on any atom is -0.493 e. The summed E-state index contributed by atoms with van der Waals surface area (Å²) in [5.41, 5.74) is 0.707. The standard InChI is InChI=1S/C21H26N2O4/c1-26-18-11-8-15(12-19(18)27-2)13-22-20(24)23-14-21(25,17-9-10-17)16-6-4-3-5-7-16/h3-8,11-12,17,25H,9-10,13-14H2,1-2H3,(H2,22,23,24). The van der Waals surface area contributed by atoms with Gasteiger partial charge in [0.05, 0.1) is 20.8 Å². The molecule has 1 saturated carbocycles. The molecule has 0 bridgehead atoms. The molecule has 2 aromatic carbocycles. The maximum atomic E-state index is 12.2. The summed E-state index contributed by atoms with van der Waals surface area (Å²) in [7, 11) is 3.15. The van der Waals surface area contributed by atoms with Crippen LogP contribution in [0.3, 0.4) is 0 Å². The number of hydrogen-bond donors (Lipinski definition) is 3. The Morgan fingerprint density at radius 1 is 1.07 bits per heavy atom. The van der Waals surface area contributed by atoms with Crippen molar-refractivity contribution in [3.8, 4) is 11.5 Å². The van der Waals surface area contributed by atoms with Crippen LogP contribution in [0, 0.1) is 5.92 Å².